The van der Waals surface area contributed by atoms with Gasteiger partial charge in [-0.15, -0.1) is 0 Å². The summed E-state index contributed by atoms with van der Waals surface area (Å²) in [5.74, 6) is 1.48. The molecule has 0 unspecified atom stereocenters. The van der Waals surface area contributed by atoms with Crippen molar-refractivity contribution in [3.8, 4) is 22.8 Å². The number of aliphatic imine (C=N–C) groups is 1. The van der Waals surface area contributed by atoms with E-state index in [1.165, 1.54) is 25.0 Å². The van der Waals surface area contributed by atoms with Crippen LogP contribution in [0.2, 0.25) is 0 Å². The van der Waals surface area contributed by atoms with Gasteiger partial charge in [-0.3, -0.25) is 10.1 Å². The van der Waals surface area contributed by atoms with Crippen molar-refractivity contribution in [1.29, 1.82) is 0 Å². The van der Waals surface area contributed by atoms with Gasteiger partial charge >= 0.3 is 0 Å². The van der Waals surface area contributed by atoms with Gasteiger partial charge in [0.05, 0.1) is 5.69 Å². The van der Waals surface area contributed by atoms with Gasteiger partial charge in [0.25, 0.3) is 0 Å². The van der Waals surface area contributed by atoms with Crippen molar-refractivity contribution in [3.05, 3.63) is 54.6 Å². The minimum absolute atomic E-state index is 0.714. The normalized spacial score (nSPS) is 14.6. The van der Waals surface area contributed by atoms with Crippen LogP contribution in [0, 0.1) is 0 Å². The molecule has 4 heteroatoms. The van der Waals surface area contributed by atoms with Crippen LogP contribution in [-0.2, 0) is 0 Å². The van der Waals surface area contributed by atoms with E-state index < -0.39 is 0 Å². The van der Waals surface area contributed by atoms with Gasteiger partial charge in [-0.1, -0.05) is 48.9 Å². The van der Waals surface area contributed by atoms with Crippen LogP contribution in [0.3, 0.4) is 0 Å². The maximum atomic E-state index is 4.91. The predicted octanol–water partition coefficient (Wildman–Crippen LogP) is 5.18. The molecule has 0 radical (unpaired) electrons. The summed E-state index contributed by atoms with van der Waals surface area (Å²) in [5.41, 5.74) is 4.29. The number of benzene rings is 2. The molecule has 3 aromatic rings. The van der Waals surface area contributed by atoms with Gasteiger partial charge in [0, 0.05) is 16.8 Å². The van der Waals surface area contributed by atoms with Crippen molar-refractivity contribution in [3.63, 3.8) is 0 Å². The molecule has 1 heterocycles. The molecule has 1 saturated carbocycles. The fourth-order valence-corrected chi connectivity index (χ4v) is 3.11. The largest absolute Gasteiger partial charge is 0.259 e. The van der Waals surface area contributed by atoms with Crippen molar-refractivity contribution in [2.75, 3.05) is 0 Å². The summed E-state index contributed by atoms with van der Waals surface area (Å²) in [4.78, 5) is 9.57. The molecule has 0 saturated heterocycles. The number of H-pyrrole nitrogens is 1. The van der Waals surface area contributed by atoms with Gasteiger partial charge in [0.1, 0.15) is 0 Å². The van der Waals surface area contributed by atoms with E-state index in [4.69, 9.17) is 4.99 Å². The van der Waals surface area contributed by atoms with Crippen LogP contribution >= 0.6 is 0 Å². The van der Waals surface area contributed by atoms with Crippen LogP contribution in [0.25, 0.3) is 22.8 Å². The smallest absolute Gasteiger partial charge is 0.181 e. The molecule has 2 aromatic carbocycles. The Balaban J connectivity index is 1.69. The third-order valence-corrected chi connectivity index (χ3v) is 4.39. The molecule has 1 aliphatic carbocycles. The molecule has 1 aliphatic rings. The van der Waals surface area contributed by atoms with Crippen LogP contribution in [0.5, 0.6) is 0 Å². The fourth-order valence-electron chi connectivity index (χ4n) is 3.11. The Morgan fingerprint density at radius 1 is 0.833 bits per heavy atom. The zero-order valence-electron chi connectivity index (χ0n) is 13.6. The number of rotatable bonds is 3. The molecule has 1 N–H and O–H groups in total. The summed E-state index contributed by atoms with van der Waals surface area (Å²) < 4.78 is 0. The zero-order valence-corrected chi connectivity index (χ0v) is 13.6. The summed E-state index contributed by atoms with van der Waals surface area (Å²) >= 11 is 0. The second-order valence-corrected chi connectivity index (χ2v) is 6.13. The van der Waals surface area contributed by atoms with Gasteiger partial charge in [0.15, 0.2) is 11.6 Å². The van der Waals surface area contributed by atoms with Crippen molar-refractivity contribution in [2.24, 2.45) is 4.99 Å². The summed E-state index contributed by atoms with van der Waals surface area (Å²) in [7, 11) is 0. The van der Waals surface area contributed by atoms with Crippen LogP contribution in [0.15, 0.2) is 59.6 Å². The molecular weight excluding hydrogens is 296 g/mol. The minimum atomic E-state index is 0.714. The van der Waals surface area contributed by atoms with Crippen molar-refractivity contribution in [2.45, 2.75) is 32.1 Å². The maximum absolute atomic E-state index is 4.91. The van der Waals surface area contributed by atoms with E-state index in [-0.39, 0.29) is 0 Å². The van der Waals surface area contributed by atoms with Gasteiger partial charge < -0.3 is 0 Å². The van der Waals surface area contributed by atoms with Crippen LogP contribution in [0.1, 0.15) is 32.1 Å². The number of nitrogens with one attached hydrogen (secondary N) is 1. The van der Waals surface area contributed by atoms with Gasteiger partial charge in [-0.2, -0.15) is 5.10 Å². The van der Waals surface area contributed by atoms with E-state index in [1.807, 2.05) is 42.5 Å². The standard InChI is InChI=1S/C20H20N4/c1-3-9-15(10-4-1)19-22-20(24-23-19)17-13-7-8-14-18(17)21-16-11-5-2-6-12-16/h1,3-4,7-10,13-14H,2,5-6,11-12H2,(H,22,23,24). The third-order valence-electron chi connectivity index (χ3n) is 4.39. The van der Waals surface area contributed by atoms with Gasteiger partial charge in [-0.25, -0.2) is 4.98 Å². The van der Waals surface area contributed by atoms with Crippen molar-refractivity contribution < 1.29 is 0 Å². The van der Waals surface area contributed by atoms with Crippen LogP contribution in [0.4, 0.5) is 5.69 Å². The Bertz CT molecular complexity index is 841. The molecule has 1 aromatic heterocycles. The first-order valence-electron chi connectivity index (χ1n) is 8.54. The number of hydrogen-bond donors (Lipinski definition) is 1. The van der Waals surface area contributed by atoms with Gasteiger partial charge in [-0.05, 0) is 37.8 Å². The van der Waals surface area contributed by atoms with Gasteiger partial charge in [0.2, 0.25) is 0 Å². The fraction of sp³-hybridized carbons (Fsp3) is 0.250. The summed E-state index contributed by atoms with van der Waals surface area (Å²) in [5, 5.41) is 7.43. The van der Waals surface area contributed by atoms with Crippen molar-refractivity contribution in [1.82, 2.24) is 15.2 Å². The number of hydrogen-bond acceptors (Lipinski definition) is 3. The summed E-state index contributed by atoms with van der Waals surface area (Å²) in [6, 6.07) is 18.2. The zero-order chi connectivity index (χ0) is 16.2. The lowest BCUT2D eigenvalue weighted by molar-refractivity contribution is 0.667. The highest BCUT2D eigenvalue weighted by Crippen LogP contribution is 2.30. The first-order valence-corrected chi connectivity index (χ1v) is 8.54. The lowest BCUT2D eigenvalue weighted by Gasteiger charge is -2.13. The highest BCUT2D eigenvalue weighted by atomic mass is 15.2. The van der Waals surface area contributed by atoms with E-state index in [1.54, 1.807) is 0 Å². The third kappa shape index (κ3) is 3.13. The van der Waals surface area contributed by atoms with Crippen molar-refractivity contribution >= 4 is 11.4 Å². The quantitative estimate of drug-likeness (QED) is 0.724. The monoisotopic (exact) mass is 316 g/mol. The summed E-state index contributed by atoms with van der Waals surface area (Å²) in [6.45, 7) is 0. The molecule has 4 rings (SSSR count). The van der Waals surface area contributed by atoms with E-state index >= 15 is 0 Å². The molecule has 0 atom stereocenters. The molecule has 0 aliphatic heterocycles. The lowest BCUT2D eigenvalue weighted by atomic mass is 9.98. The molecule has 0 bridgehead atoms. The Hall–Kier alpha value is -2.75. The second-order valence-electron chi connectivity index (χ2n) is 6.13. The van der Waals surface area contributed by atoms with E-state index in [2.05, 4.69) is 27.3 Å². The van der Waals surface area contributed by atoms with E-state index in [0.717, 1.165) is 35.5 Å². The SMILES string of the molecule is c1ccc(-c2n[nH]c(-c3ccccc3N=C3CCCCC3)n2)cc1. The summed E-state index contributed by atoms with van der Waals surface area (Å²) in [6.07, 6.45) is 6.05. The average Bonchev–Trinajstić information content (AvgIpc) is 3.14. The second kappa shape index (κ2) is 6.79. The lowest BCUT2D eigenvalue weighted by Crippen LogP contribution is -2.03. The number of para-hydroxylation sites is 1. The first kappa shape index (κ1) is 14.8. The van der Waals surface area contributed by atoms with E-state index in [9.17, 15) is 0 Å². The Kier molecular flexibility index (Phi) is 4.19. The van der Waals surface area contributed by atoms with E-state index in [0.29, 0.717) is 5.82 Å². The molecule has 120 valence electrons. The van der Waals surface area contributed by atoms with Crippen LogP contribution in [-0.4, -0.2) is 20.9 Å². The molecule has 0 amide bonds. The highest BCUT2D eigenvalue weighted by Gasteiger charge is 2.12. The molecule has 0 spiro atoms. The topological polar surface area (TPSA) is 53.9 Å². The number of nitrogens with zero attached hydrogens (tertiary/aromatic N) is 3. The Morgan fingerprint density at radius 3 is 2.42 bits per heavy atom. The molecule has 4 nitrogen and oxygen atoms in total. The molecule has 1 fully saturated rings. The number of aromatic amines is 1. The minimum Gasteiger partial charge on any atom is -0.259 e. The predicted molar refractivity (Wildman–Crippen MR) is 97.4 cm³/mol. The molecule has 24 heavy (non-hydrogen) atoms. The maximum Gasteiger partial charge on any atom is 0.181 e. The van der Waals surface area contributed by atoms with Crippen LogP contribution < -0.4 is 0 Å². The Morgan fingerprint density at radius 2 is 1.58 bits per heavy atom. The Labute approximate surface area is 141 Å². The molecular formula is C20H20N4. The first-order chi connectivity index (χ1) is 11.9. The highest BCUT2D eigenvalue weighted by molar-refractivity contribution is 5.89. The average molecular weight is 316 g/mol. The number of aromatic nitrogens is 3.